The highest BCUT2D eigenvalue weighted by Gasteiger charge is 2.08. The molecular formula is C12H13NO5. The maximum atomic E-state index is 11.2. The molecule has 0 heterocycles. The molecule has 0 bridgehead atoms. The normalized spacial score (nSPS) is 9.44. The fourth-order valence-electron chi connectivity index (χ4n) is 1.11. The van der Waals surface area contributed by atoms with E-state index in [9.17, 15) is 14.4 Å². The molecule has 96 valence electrons. The molecule has 1 rings (SSSR count). The molecule has 0 N–H and O–H groups in total. The number of esters is 1. The van der Waals surface area contributed by atoms with Crippen LogP contribution in [0.25, 0.3) is 0 Å². The number of rotatable bonds is 4. The molecule has 0 fully saturated rings. The second-order valence-electron chi connectivity index (χ2n) is 3.51. The zero-order valence-corrected chi connectivity index (χ0v) is 10.1. The van der Waals surface area contributed by atoms with Crippen LogP contribution < -0.4 is 4.74 Å². The topological polar surface area (TPSA) is 72.9 Å². The van der Waals surface area contributed by atoms with E-state index in [0.29, 0.717) is 12.2 Å². The molecule has 0 radical (unpaired) electrons. The van der Waals surface area contributed by atoms with Crippen LogP contribution in [0.1, 0.15) is 12.5 Å². The van der Waals surface area contributed by atoms with Crippen LogP contribution in [0.3, 0.4) is 0 Å². The van der Waals surface area contributed by atoms with Gasteiger partial charge in [0.1, 0.15) is 12.4 Å². The molecule has 0 aliphatic rings. The van der Waals surface area contributed by atoms with E-state index in [1.54, 1.807) is 24.3 Å². The number of benzene rings is 1. The lowest BCUT2D eigenvalue weighted by Crippen LogP contribution is -2.25. The van der Waals surface area contributed by atoms with Gasteiger partial charge in [0.05, 0.1) is 0 Å². The smallest absolute Gasteiger partial charge is 0.416 e. The first kappa shape index (κ1) is 13.7. The summed E-state index contributed by atoms with van der Waals surface area (Å²) in [5.41, 5.74) is 0.721. The first-order valence-corrected chi connectivity index (χ1v) is 5.15. The molecular weight excluding hydrogens is 238 g/mol. The van der Waals surface area contributed by atoms with Crippen molar-refractivity contribution in [2.45, 2.75) is 13.5 Å². The minimum atomic E-state index is -0.728. The number of carbonyl (C=O) groups excluding carboxylic acids is 3. The molecule has 1 aromatic rings. The molecule has 6 heteroatoms. The Kier molecular flexibility index (Phi) is 4.86. The molecule has 6 nitrogen and oxygen atoms in total. The summed E-state index contributed by atoms with van der Waals surface area (Å²) in [6.07, 6.45) is -0.361. The molecule has 2 amide bonds. The van der Waals surface area contributed by atoms with Crippen molar-refractivity contribution in [2.24, 2.45) is 0 Å². The number of carbonyl (C=O) groups is 3. The molecule has 0 aliphatic heterocycles. The first-order valence-electron chi connectivity index (χ1n) is 5.15. The number of nitrogens with zero attached hydrogens (tertiary/aromatic N) is 1. The predicted octanol–water partition coefficient (Wildman–Crippen LogP) is 1.34. The lowest BCUT2D eigenvalue weighted by Gasteiger charge is -2.09. The minimum Gasteiger partial charge on any atom is -0.444 e. The zero-order valence-electron chi connectivity index (χ0n) is 10.1. The molecule has 0 spiro atoms. The number of imide groups is 1. The van der Waals surface area contributed by atoms with E-state index in [2.05, 4.69) is 0 Å². The highest BCUT2D eigenvalue weighted by Crippen LogP contribution is 2.13. The van der Waals surface area contributed by atoms with E-state index in [1.165, 1.54) is 14.0 Å². The summed E-state index contributed by atoms with van der Waals surface area (Å²) in [6.45, 7) is 1.35. The van der Waals surface area contributed by atoms with Crippen molar-refractivity contribution >= 4 is 18.5 Å². The summed E-state index contributed by atoms with van der Waals surface area (Å²) in [4.78, 5) is 32.9. The highest BCUT2D eigenvalue weighted by atomic mass is 16.6. The van der Waals surface area contributed by atoms with E-state index < -0.39 is 12.1 Å². The Morgan fingerprint density at radius 3 is 2.39 bits per heavy atom. The van der Waals surface area contributed by atoms with E-state index in [-0.39, 0.29) is 6.61 Å². The van der Waals surface area contributed by atoms with Gasteiger partial charge in [-0.25, -0.2) is 4.79 Å². The lowest BCUT2D eigenvalue weighted by molar-refractivity contribution is -0.131. The summed E-state index contributed by atoms with van der Waals surface area (Å²) < 4.78 is 9.70. The Balaban J connectivity index is 2.51. The van der Waals surface area contributed by atoms with Crippen LogP contribution in [0.4, 0.5) is 4.79 Å². The molecule has 0 aliphatic carbocycles. The fraction of sp³-hybridized carbons (Fsp3) is 0.250. The van der Waals surface area contributed by atoms with Gasteiger partial charge >= 0.3 is 12.1 Å². The van der Waals surface area contributed by atoms with E-state index in [1.807, 2.05) is 0 Å². The van der Waals surface area contributed by atoms with Crippen LogP contribution >= 0.6 is 0 Å². The molecule has 0 saturated carbocycles. The third-order valence-electron chi connectivity index (χ3n) is 1.99. The van der Waals surface area contributed by atoms with Crippen molar-refractivity contribution in [2.75, 3.05) is 7.05 Å². The Morgan fingerprint density at radius 2 is 1.89 bits per heavy atom. The van der Waals surface area contributed by atoms with Gasteiger partial charge < -0.3 is 9.47 Å². The fourth-order valence-corrected chi connectivity index (χ4v) is 1.11. The van der Waals surface area contributed by atoms with Gasteiger partial charge in [-0.15, -0.1) is 0 Å². The van der Waals surface area contributed by atoms with Gasteiger partial charge in [-0.2, -0.15) is 0 Å². The van der Waals surface area contributed by atoms with Crippen molar-refractivity contribution < 1.29 is 23.9 Å². The van der Waals surface area contributed by atoms with Crippen LogP contribution in [-0.4, -0.2) is 30.4 Å². The summed E-state index contributed by atoms with van der Waals surface area (Å²) >= 11 is 0. The monoisotopic (exact) mass is 251 g/mol. The standard InChI is InChI=1S/C12H13NO5/c1-9(15)18-11-5-3-10(4-6-11)7-17-12(16)13(2)8-14/h3-6,8H,7H2,1-2H3. The average molecular weight is 251 g/mol. The predicted molar refractivity (Wildman–Crippen MR) is 61.8 cm³/mol. The number of hydrogen-bond donors (Lipinski definition) is 0. The van der Waals surface area contributed by atoms with Gasteiger partial charge in [-0.05, 0) is 17.7 Å². The van der Waals surface area contributed by atoms with Crippen molar-refractivity contribution in [1.29, 1.82) is 0 Å². The lowest BCUT2D eigenvalue weighted by atomic mass is 10.2. The van der Waals surface area contributed by atoms with Crippen LogP contribution in [0.2, 0.25) is 0 Å². The second-order valence-corrected chi connectivity index (χ2v) is 3.51. The van der Waals surface area contributed by atoms with Gasteiger partial charge in [0.25, 0.3) is 0 Å². The summed E-state index contributed by atoms with van der Waals surface area (Å²) in [7, 11) is 1.30. The minimum absolute atomic E-state index is 0.0391. The molecule has 0 atom stereocenters. The SMILES string of the molecule is CC(=O)Oc1ccc(COC(=O)N(C)C=O)cc1. The average Bonchev–Trinajstić information content (AvgIpc) is 2.36. The summed E-state index contributed by atoms with van der Waals surface area (Å²) in [5, 5.41) is 0. The van der Waals surface area contributed by atoms with E-state index >= 15 is 0 Å². The van der Waals surface area contributed by atoms with Gasteiger partial charge in [0, 0.05) is 14.0 Å². The second kappa shape index (κ2) is 6.39. The number of ether oxygens (including phenoxy) is 2. The third kappa shape index (κ3) is 4.25. The molecule has 0 unspecified atom stereocenters. The Morgan fingerprint density at radius 1 is 1.28 bits per heavy atom. The summed E-state index contributed by atoms with van der Waals surface area (Å²) in [5.74, 6) is 0.0179. The van der Waals surface area contributed by atoms with Gasteiger partial charge in [-0.3, -0.25) is 14.5 Å². The van der Waals surface area contributed by atoms with Crippen molar-refractivity contribution in [1.82, 2.24) is 4.90 Å². The van der Waals surface area contributed by atoms with E-state index in [0.717, 1.165) is 10.5 Å². The maximum Gasteiger partial charge on any atom is 0.416 e. The van der Waals surface area contributed by atoms with Gasteiger partial charge in [0.2, 0.25) is 6.41 Å². The number of hydrogen-bond acceptors (Lipinski definition) is 5. The largest absolute Gasteiger partial charge is 0.444 e. The van der Waals surface area contributed by atoms with Crippen molar-refractivity contribution in [3.8, 4) is 5.75 Å². The zero-order chi connectivity index (χ0) is 13.5. The van der Waals surface area contributed by atoms with Crippen LogP contribution in [0.5, 0.6) is 5.75 Å². The highest BCUT2D eigenvalue weighted by molar-refractivity contribution is 5.79. The van der Waals surface area contributed by atoms with Crippen LogP contribution in [0, 0.1) is 0 Å². The first-order chi connectivity index (χ1) is 8.52. The molecule has 0 aromatic heterocycles. The quantitative estimate of drug-likeness (QED) is 0.458. The van der Waals surface area contributed by atoms with Crippen molar-refractivity contribution in [3.63, 3.8) is 0 Å². The van der Waals surface area contributed by atoms with Gasteiger partial charge in [-0.1, -0.05) is 12.1 Å². The van der Waals surface area contributed by atoms with E-state index in [4.69, 9.17) is 9.47 Å². The molecule has 0 saturated heterocycles. The molecule has 18 heavy (non-hydrogen) atoms. The van der Waals surface area contributed by atoms with Crippen molar-refractivity contribution in [3.05, 3.63) is 29.8 Å². The Bertz CT molecular complexity index is 440. The Hall–Kier alpha value is -2.37. The van der Waals surface area contributed by atoms with Crippen LogP contribution in [-0.2, 0) is 20.9 Å². The Labute approximate surface area is 104 Å². The maximum absolute atomic E-state index is 11.2. The van der Waals surface area contributed by atoms with Gasteiger partial charge in [0.15, 0.2) is 0 Å². The summed E-state index contributed by atoms with van der Waals surface area (Å²) in [6, 6.07) is 6.50. The number of amides is 2. The molecule has 1 aromatic carbocycles. The third-order valence-corrected chi connectivity index (χ3v) is 1.99. The van der Waals surface area contributed by atoms with Crippen LogP contribution in [0.15, 0.2) is 24.3 Å².